The molecule has 182 valence electrons. The minimum atomic E-state index is -0.305. The third-order valence-corrected chi connectivity index (χ3v) is 7.64. The van der Waals surface area contributed by atoms with Crippen molar-refractivity contribution < 1.29 is 9.59 Å². The van der Waals surface area contributed by atoms with Gasteiger partial charge in [-0.05, 0) is 61.6 Å². The summed E-state index contributed by atoms with van der Waals surface area (Å²) in [6.07, 6.45) is 4.19. The predicted octanol–water partition coefficient (Wildman–Crippen LogP) is 7.51. The van der Waals surface area contributed by atoms with E-state index < -0.39 is 0 Å². The number of carbonyl (C=O) groups excluding carboxylic acids is 2. The topological polar surface area (TPSA) is 46.2 Å². The summed E-state index contributed by atoms with van der Waals surface area (Å²) in [4.78, 5) is 26.8. The van der Waals surface area contributed by atoms with E-state index in [9.17, 15) is 9.59 Å². The molecule has 1 aliphatic carbocycles. The second kappa shape index (κ2) is 11.9. The van der Waals surface area contributed by atoms with Gasteiger partial charge in [0.05, 0.1) is 0 Å². The van der Waals surface area contributed by atoms with Crippen LogP contribution in [0.1, 0.15) is 60.0 Å². The Balaban J connectivity index is 1.53. The molecule has 3 nitrogen and oxygen atoms in total. The first kappa shape index (κ1) is 25.5. The van der Waals surface area contributed by atoms with Crippen LogP contribution < -0.4 is 5.32 Å². The van der Waals surface area contributed by atoms with Crippen LogP contribution in [-0.4, -0.2) is 17.7 Å². The van der Waals surface area contributed by atoms with Gasteiger partial charge in [-0.1, -0.05) is 90.6 Å². The summed E-state index contributed by atoms with van der Waals surface area (Å²) in [6, 6.07) is 24.9. The fourth-order valence-corrected chi connectivity index (χ4v) is 5.43. The quantitative estimate of drug-likeness (QED) is 0.320. The Morgan fingerprint density at radius 1 is 0.829 bits per heavy atom. The van der Waals surface area contributed by atoms with Gasteiger partial charge in [0.15, 0.2) is 5.78 Å². The molecule has 4 atom stereocenters. The zero-order chi connectivity index (χ0) is 24.8. The van der Waals surface area contributed by atoms with Crippen molar-refractivity contribution in [1.82, 2.24) is 5.32 Å². The van der Waals surface area contributed by atoms with E-state index in [1.807, 2.05) is 85.8 Å². The van der Waals surface area contributed by atoms with Crippen molar-refractivity contribution in [1.29, 1.82) is 0 Å². The number of amides is 1. The highest BCUT2D eigenvalue weighted by molar-refractivity contribution is 6.30. The van der Waals surface area contributed by atoms with E-state index in [0.717, 1.165) is 43.2 Å². The molecule has 1 saturated carbocycles. The molecule has 0 radical (unpaired) electrons. The Morgan fingerprint density at radius 3 is 2.03 bits per heavy atom. The predicted molar refractivity (Wildman–Crippen MR) is 143 cm³/mol. The Labute approximate surface area is 217 Å². The van der Waals surface area contributed by atoms with Crippen LogP contribution in [0.15, 0.2) is 78.9 Å². The zero-order valence-corrected chi connectivity index (χ0v) is 21.4. The van der Waals surface area contributed by atoms with E-state index in [-0.39, 0.29) is 35.5 Å². The first-order chi connectivity index (χ1) is 16.9. The van der Waals surface area contributed by atoms with Crippen molar-refractivity contribution in [2.45, 2.75) is 51.0 Å². The molecule has 1 amide bonds. The van der Waals surface area contributed by atoms with Gasteiger partial charge in [0.25, 0.3) is 0 Å². The fraction of sp³-hybridized carbons (Fsp3) is 0.333. The van der Waals surface area contributed by atoms with Gasteiger partial charge in [0.2, 0.25) is 5.91 Å². The number of carbonyl (C=O) groups is 2. The summed E-state index contributed by atoms with van der Waals surface area (Å²) in [5, 5.41) is 4.66. The van der Waals surface area contributed by atoms with E-state index in [2.05, 4.69) is 5.32 Å². The number of nitrogens with one attached hydrogen (secondary N) is 1. The van der Waals surface area contributed by atoms with Crippen LogP contribution in [0.2, 0.25) is 10.0 Å². The molecule has 2 unspecified atom stereocenters. The second-order valence-corrected chi connectivity index (χ2v) is 10.4. The molecule has 3 aromatic carbocycles. The minimum Gasteiger partial charge on any atom is -0.353 e. The summed E-state index contributed by atoms with van der Waals surface area (Å²) in [5.41, 5.74) is 2.94. The maximum Gasteiger partial charge on any atom is 0.224 e. The van der Waals surface area contributed by atoms with Crippen molar-refractivity contribution in [3.05, 3.63) is 106 Å². The first-order valence-corrected chi connectivity index (χ1v) is 13.1. The molecule has 1 N–H and O–H groups in total. The van der Waals surface area contributed by atoms with Crippen LogP contribution in [0.4, 0.5) is 0 Å². The minimum absolute atomic E-state index is 0.0263. The third kappa shape index (κ3) is 6.54. The lowest BCUT2D eigenvalue weighted by Gasteiger charge is -2.32. The molecular formula is C30H31Cl2NO2. The Bertz CT molecular complexity index is 1130. The van der Waals surface area contributed by atoms with Gasteiger partial charge in [-0.2, -0.15) is 0 Å². The van der Waals surface area contributed by atoms with Crippen LogP contribution in [-0.2, 0) is 11.2 Å². The molecule has 0 aromatic heterocycles. The fourth-order valence-electron chi connectivity index (χ4n) is 5.17. The van der Waals surface area contributed by atoms with Gasteiger partial charge in [-0.15, -0.1) is 0 Å². The lowest BCUT2D eigenvalue weighted by molar-refractivity contribution is -0.128. The summed E-state index contributed by atoms with van der Waals surface area (Å²) < 4.78 is 0. The Kier molecular flexibility index (Phi) is 8.64. The lowest BCUT2D eigenvalue weighted by atomic mass is 9.74. The second-order valence-electron chi connectivity index (χ2n) is 9.51. The molecule has 1 fully saturated rings. The average molecular weight is 508 g/mol. The van der Waals surface area contributed by atoms with Gasteiger partial charge in [-0.25, -0.2) is 0 Å². The average Bonchev–Trinajstić information content (AvgIpc) is 2.89. The van der Waals surface area contributed by atoms with Crippen LogP contribution in [0.25, 0.3) is 0 Å². The number of halogens is 2. The van der Waals surface area contributed by atoms with E-state index in [4.69, 9.17) is 23.2 Å². The zero-order valence-electron chi connectivity index (χ0n) is 19.9. The molecule has 0 heterocycles. The molecule has 4 rings (SSSR count). The Morgan fingerprint density at radius 2 is 1.40 bits per heavy atom. The molecule has 0 bridgehead atoms. The molecular weight excluding hydrogens is 477 g/mol. The van der Waals surface area contributed by atoms with Crippen LogP contribution >= 0.6 is 23.2 Å². The van der Waals surface area contributed by atoms with Crippen LogP contribution in [0, 0.1) is 11.8 Å². The maximum atomic E-state index is 13.5. The van der Waals surface area contributed by atoms with Gasteiger partial charge in [0.1, 0.15) is 0 Å². The highest BCUT2D eigenvalue weighted by atomic mass is 35.5. The summed E-state index contributed by atoms with van der Waals surface area (Å²) in [6.45, 7) is 2.05. The SMILES string of the molecule is CC(NC(=O)[C@H]1CCCC[C@H]1C(=O)c1ccccc1)C(Cc1ccc(Cl)cc1)c1ccc(Cl)cc1. The molecule has 0 saturated heterocycles. The van der Waals surface area contributed by atoms with Crippen LogP contribution in [0.5, 0.6) is 0 Å². The molecule has 5 heteroatoms. The Hall–Kier alpha value is -2.62. The highest BCUT2D eigenvalue weighted by Gasteiger charge is 2.37. The van der Waals surface area contributed by atoms with Crippen molar-refractivity contribution >= 4 is 34.9 Å². The molecule has 0 aliphatic heterocycles. The number of benzene rings is 3. The smallest absolute Gasteiger partial charge is 0.224 e. The van der Waals surface area contributed by atoms with E-state index in [1.165, 1.54) is 0 Å². The summed E-state index contributed by atoms with van der Waals surface area (Å²) in [5.74, 6) is -0.483. The number of hydrogen-bond acceptors (Lipinski definition) is 2. The van der Waals surface area contributed by atoms with Gasteiger partial charge >= 0.3 is 0 Å². The lowest BCUT2D eigenvalue weighted by Crippen LogP contribution is -2.45. The van der Waals surface area contributed by atoms with Crippen LogP contribution in [0.3, 0.4) is 0 Å². The number of ketones is 1. The number of rotatable bonds is 8. The number of Topliss-reactive ketones (excluding diaryl/α,β-unsaturated/α-hetero) is 1. The monoisotopic (exact) mass is 507 g/mol. The molecule has 0 spiro atoms. The van der Waals surface area contributed by atoms with Gasteiger partial charge in [0, 0.05) is 39.4 Å². The van der Waals surface area contributed by atoms with Crippen molar-refractivity contribution in [3.63, 3.8) is 0 Å². The molecule has 1 aliphatic rings. The largest absolute Gasteiger partial charge is 0.353 e. The first-order valence-electron chi connectivity index (χ1n) is 12.3. The highest BCUT2D eigenvalue weighted by Crippen LogP contribution is 2.34. The van der Waals surface area contributed by atoms with E-state index in [0.29, 0.717) is 15.6 Å². The van der Waals surface area contributed by atoms with Gasteiger partial charge < -0.3 is 5.32 Å². The molecule has 35 heavy (non-hydrogen) atoms. The van der Waals surface area contributed by atoms with E-state index >= 15 is 0 Å². The summed E-state index contributed by atoms with van der Waals surface area (Å²) in [7, 11) is 0. The van der Waals surface area contributed by atoms with Crippen molar-refractivity contribution in [2.24, 2.45) is 11.8 Å². The normalized spacial score (nSPS) is 19.5. The standard InChI is InChI=1S/C30H31Cl2NO2/c1-20(28(22-13-17-25(32)18-14-22)19-21-11-15-24(31)16-12-21)33-30(35)27-10-6-5-9-26(27)29(34)23-7-3-2-4-8-23/h2-4,7-8,11-18,20,26-28H,5-6,9-10,19H2,1H3,(H,33,35)/t20?,26-,27+,28?/m1/s1. The molecule has 3 aromatic rings. The summed E-state index contributed by atoms with van der Waals surface area (Å²) >= 11 is 12.2. The van der Waals surface area contributed by atoms with Gasteiger partial charge in [-0.3, -0.25) is 9.59 Å². The van der Waals surface area contributed by atoms with E-state index in [1.54, 1.807) is 0 Å². The number of hydrogen-bond donors (Lipinski definition) is 1. The maximum absolute atomic E-state index is 13.5. The van der Waals surface area contributed by atoms with Crippen molar-refractivity contribution in [3.8, 4) is 0 Å². The third-order valence-electron chi connectivity index (χ3n) is 7.14. The van der Waals surface area contributed by atoms with Crippen molar-refractivity contribution in [2.75, 3.05) is 0 Å².